The highest BCUT2D eigenvalue weighted by Crippen LogP contribution is 2.35. The molecule has 124 valence electrons. The number of nitrogens with zero attached hydrogens (tertiary/aromatic N) is 1. The molecule has 0 fully saturated rings. The molecule has 3 heterocycles. The molecule has 2 aliphatic carbocycles. The molecule has 1 aromatic heterocycles. The minimum Gasteiger partial charge on any atom is -0.372 e. The largest absolute Gasteiger partial charge is 0.372 e. The first-order chi connectivity index (χ1) is 12.7. The van der Waals surface area contributed by atoms with Gasteiger partial charge in [0.1, 0.15) is 0 Å². The van der Waals surface area contributed by atoms with Crippen molar-refractivity contribution >= 4 is 40.1 Å². The third-order valence-corrected chi connectivity index (χ3v) is 5.49. The van der Waals surface area contributed by atoms with Gasteiger partial charge in [0.05, 0.1) is 28.4 Å². The lowest BCUT2D eigenvalue weighted by Crippen LogP contribution is -2.23. The molecule has 1 aromatic carbocycles. The van der Waals surface area contributed by atoms with Crippen LogP contribution in [0.1, 0.15) is 26.3 Å². The van der Waals surface area contributed by atoms with Gasteiger partial charge in [0, 0.05) is 16.8 Å². The monoisotopic (exact) mass is 339 g/mol. The summed E-state index contributed by atoms with van der Waals surface area (Å²) in [6.45, 7) is 0. The molecular formula is C21H13N3O2. The first-order valence-electron chi connectivity index (χ1n) is 8.60. The number of aromatic nitrogens is 1. The van der Waals surface area contributed by atoms with Gasteiger partial charge in [-0.3, -0.25) is 19.9 Å². The number of imide groups is 1. The van der Waals surface area contributed by atoms with E-state index in [1.165, 1.54) is 0 Å². The molecule has 5 nitrogen and oxygen atoms in total. The van der Waals surface area contributed by atoms with E-state index in [0.29, 0.717) is 11.1 Å². The second kappa shape index (κ2) is 4.58. The minimum atomic E-state index is -0.332. The Morgan fingerprint density at radius 3 is 2.88 bits per heavy atom. The van der Waals surface area contributed by atoms with Gasteiger partial charge < -0.3 is 5.32 Å². The van der Waals surface area contributed by atoms with E-state index in [9.17, 15) is 9.59 Å². The van der Waals surface area contributed by atoms with Gasteiger partial charge in [-0.2, -0.15) is 0 Å². The van der Waals surface area contributed by atoms with E-state index in [1.807, 2.05) is 36.6 Å². The highest BCUT2D eigenvalue weighted by Gasteiger charge is 2.37. The molecule has 2 amide bonds. The molecule has 2 aliphatic heterocycles. The summed E-state index contributed by atoms with van der Waals surface area (Å²) < 4.78 is 0. The third-order valence-electron chi connectivity index (χ3n) is 5.49. The van der Waals surface area contributed by atoms with Crippen molar-refractivity contribution in [2.75, 3.05) is 5.32 Å². The van der Waals surface area contributed by atoms with Gasteiger partial charge >= 0.3 is 0 Å². The molecule has 0 saturated heterocycles. The Labute approximate surface area is 148 Å². The number of pyridine rings is 1. The molecule has 0 bridgehead atoms. The molecule has 4 aliphatic rings. The van der Waals surface area contributed by atoms with Crippen molar-refractivity contribution in [1.82, 2.24) is 10.3 Å². The lowest BCUT2D eigenvalue weighted by atomic mass is 9.91. The highest BCUT2D eigenvalue weighted by molar-refractivity contribution is 6.29. The number of allylic oxidation sites excluding steroid dienone is 4. The number of rotatable bonds is 0. The molecule has 0 spiro atoms. The second-order valence-corrected chi connectivity index (χ2v) is 6.82. The number of carbonyl (C=O) groups is 2. The number of hydrogen-bond donors (Lipinski definition) is 2. The van der Waals surface area contributed by atoms with Crippen molar-refractivity contribution in [1.29, 1.82) is 0 Å². The van der Waals surface area contributed by atoms with Crippen LogP contribution in [0.2, 0.25) is 0 Å². The van der Waals surface area contributed by atoms with Crippen LogP contribution in [-0.2, 0) is 6.42 Å². The Morgan fingerprint density at radius 1 is 1.08 bits per heavy atom. The van der Waals surface area contributed by atoms with Crippen molar-refractivity contribution < 1.29 is 9.59 Å². The van der Waals surface area contributed by atoms with Crippen LogP contribution in [0.15, 0.2) is 42.7 Å². The van der Waals surface area contributed by atoms with E-state index in [2.05, 4.69) is 27.8 Å². The Hall–Kier alpha value is -3.47. The SMILES string of the molecule is O=C1NC(=O)c2c1c1c(c3ncc4c(c23)CC=CC=4)NC2C=CC=CC=12. The summed E-state index contributed by atoms with van der Waals surface area (Å²) in [5.41, 5.74) is 4.61. The molecule has 5 heteroatoms. The first-order valence-corrected chi connectivity index (χ1v) is 8.60. The normalized spacial score (nSPS) is 21.1. The van der Waals surface area contributed by atoms with Gasteiger partial charge in [-0.05, 0) is 22.8 Å². The molecule has 2 aromatic rings. The fourth-order valence-corrected chi connectivity index (χ4v) is 4.41. The molecular weight excluding hydrogens is 326 g/mol. The number of fused-ring (bicyclic) bond motifs is 9. The predicted molar refractivity (Wildman–Crippen MR) is 99.2 cm³/mol. The number of anilines is 1. The topological polar surface area (TPSA) is 71.1 Å². The van der Waals surface area contributed by atoms with Gasteiger partial charge in [-0.1, -0.05) is 42.5 Å². The fourth-order valence-electron chi connectivity index (χ4n) is 4.41. The summed E-state index contributed by atoms with van der Waals surface area (Å²) in [6.07, 6.45) is 16.6. The molecule has 0 radical (unpaired) electrons. The summed E-state index contributed by atoms with van der Waals surface area (Å²) in [4.78, 5) is 30.0. The zero-order valence-corrected chi connectivity index (χ0v) is 13.7. The number of nitrogens with one attached hydrogen (secondary N) is 2. The van der Waals surface area contributed by atoms with Crippen LogP contribution >= 0.6 is 0 Å². The van der Waals surface area contributed by atoms with Crippen LogP contribution in [0.25, 0.3) is 22.6 Å². The van der Waals surface area contributed by atoms with E-state index < -0.39 is 0 Å². The van der Waals surface area contributed by atoms with Crippen molar-refractivity contribution in [3.8, 4) is 0 Å². The maximum atomic E-state index is 12.7. The Morgan fingerprint density at radius 2 is 1.96 bits per heavy atom. The number of amides is 2. The van der Waals surface area contributed by atoms with Crippen LogP contribution < -0.4 is 21.1 Å². The van der Waals surface area contributed by atoms with E-state index in [-0.39, 0.29) is 17.9 Å². The van der Waals surface area contributed by atoms with Crippen molar-refractivity contribution in [3.63, 3.8) is 0 Å². The smallest absolute Gasteiger partial charge is 0.259 e. The maximum absolute atomic E-state index is 12.7. The minimum absolute atomic E-state index is 0.00232. The second-order valence-electron chi connectivity index (χ2n) is 6.82. The van der Waals surface area contributed by atoms with Crippen LogP contribution in [0.3, 0.4) is 0 Å². The highest BCUT2D eigenvalue weighted by atomic mass is 16.2. The summed E-state index contributed by atoms with van der Waals surface area (Å²) in [5.74, 6) is -0.657. The van der Waals surface area contributed by atoms with Gasteiger partial charge in [-0.15, -0.1) is 0 Å². The zero-order chi connectivity index (χ0) is 17.4. The van der Waals surface area contributed by atoms with Crippen LogP contribution in [0.4, 0.5) is 5.69 Å². The number of carbonyl (C=O) groups excluding carboxylic acids is 2. The van der Waals surface area contributed by atoms with Crippen LogP contribution in [0.5, 0.6) is 0 Å². The summed E-state index contributed by atoms with van der Waals surface area (Å²) >= 11 is 0. The van der Waals surface area contributed by atoms with E-state index in [4.69, 9.17) is 0 Å². The van der Waals surface area contributed by atoms with E-state index in [1.54, 1.807) is 0 Å². The predicted octanol–water partition coefficient (Wildman–Crippen LogP) is 1.08. The Bertz CT molecular complexity index is 1300. The van der Waals surface area contributed by atoms with Crippen LogP contribution in [-0.4, -0.2) is 22.8 Å². The van der Waals surface area contributed by atoms with Gasteiger partial charge in [0.2, 0.25) is 0 Å². The average Bonchev–Trinajstić information content (AvgIpc) is 3.19. The molecule has 1 unspecified atom stereocenters. The lowest BCUT2D eigenvalue weighted by molar-refractivity contribution is 0.0880. The van der Waals surface area contributed by atoms with E-state index >= 15 is 0 Å². The fraction of sp³-hybridized carbons (Fsp3) is 0.0952. The number of benzene rings is 1. The lowest BCUT2D eigenvalue weighted by Gasteiger charge is -2.14. The molecule has 6 rings (SSSR count). The van der Waals surface area contributed by atoms with Gasteiger partial charge in [0.15, 0.2) is 0 Å². The van der Waals surface area contributed by atoms with Crippen molar-refractivity contribution in [2.24, 2.45) is 0 Å². The van der Waals surface area contributed by atoms with Crippen molar-refractivity contribution in [2.45, 2.75) is 12.5 Å². The quantitative estimate of drug-likeness (QED) is 0.705. The van der Waals surface area contributed by atoms with Gasteiger partial charge in [0.25, 0.3) is 11.8 Å². The molecule has 1 atom stereocenters. The van der Waals surface area contributed by atoms with Gasteiger partial charge in [-0.25, -0.2) is 0 Å². The van der Waals surface area contributed by atoms with Crippen molar-refractivity contribution in [3.05, 3.63) is 69.8 Å². The Kier molecular flexibility index (Phi) is 2.43. The molecule has 26 heavy (non-hydrogen) atoms. The number of hydrogen-bond acceptors (Lipinski definition) is 4. The average molecular weight is 339 g/mol. The summed E-state index contributed by atoms with van der Waals surface area (Å²) in [5, 5.41) is 8.58. The Balaban J connectivity index is 1.90. The van der Waals surface area contributed by atoms with Crippen LogP contribution in [0, 0.1) is 0 Å². The van der Waals surface area contributed by atoms with E-state index in [0.717, 1.165) is 44.6 Å². The zero-order valence-electron chi connectivity index (χ0n) is 13.7. The maximum Gasteiger partial charge on any atom is 0.259 e. The molecule has 0 saturated carbocycles. The first kappa shape index (κ1) is 13.8. The molecule has 2 N–H and O–H groups in total. The summed E-state index contributed by atoms with van der Waals surface area (Å²) in [7, 11) is 0. The summed E-state index contributed by atoms with van der Waals surface area (Å²) in [6, 6.07) is -0.00232. The standard InChI is InChI=1S/C21H13N3O2/c25-20-16-14-11-6-2-1-5-10(11)9-22-18(14)19-15(17(16)21(26)24-20)12-7-3-4-8-13(12)23-19/h1-5,7-9,13,23H,6H2,(H,24,25,26). The third kappa shape index (κ3) is 1.53.